The van der Waals surface area contributed by atoms with Gasteiger partial charge in [-0.05, 0) is 43.2 Å². The largest absolute Gasteiger partial charge is 0.497 e. The zero-order valence-electron chi connectivity index (χ0n) is 16.6. The number of nitrogens with one attached hydrogen (secondary N) is 2. The maximum absolute atomic E-state index is 11.9. The lowest BCUT2D eigenvalue weighted by Crippen LogP contribution is -2.46. The number of thioether (sulfide) groups is 1. The van der Waals surface area contributed by atoms with Crippen LogP contribution in [0.15, 0.2) is 29.3 Å². The molecule has 1 amide bonds. The molecule has 0 aromatic heterocycles. The number of hydrogen-bond acceptors (Lipinski definition) is 4. The number of likely N-dealkylation sites (N-methyl/N-ethyl adjacent to an activating group) is 1. The molecule has 1 unspecified atom stereocenters. The summed E-state index contributed by atoms with van der Waals surface area (Å²) in [6.07, 6.45) is 2.46. The van der Waals surface area contributed by atoms with Crippen LogP contribution in [0.4, 0.5) is 0 Å². The molecular formula is C19H31IN4O2S. The van der Waals surface area contributed by atoms with E-state index >= 15 is 0 Å². The van der Waals surface area contributed by atoms with Crippen molar-refractivity contribution in [2.24, 2.45) is 4.99 Å². The minimum atomic E-state index is 0. The highest BCUT2D eigenvalue weighted by molar-refractivity contribution is 14.0. The smallest absolute Gasteiger partial charge is 0.241 e. The molecule has 8 heteroatoms. The van der Waals surface area contributed by atoms with E-state index in [1.807, 2.05) is 36.0 Å². The summed E-state index contributed by atoms with van der Waals surface area (Å²) >= 11 is 2.00. The van der Waals surface area contributed by atoms with E-state index in [1.165, 1.54) is 18.6 Å². The molecule has 152 valence electrons. The first kappa shape index (κ1) is 23.9. The molecule has 1 aliphatic heterocycles. The van der Waals surface area contributed by atoms with Crippen LogP contribution in [0.1, 0.15) is 25.3 Å². The van der Waals surface area contributed by atoms with Crippen molar-refractivity contribution in [3.8, 4) is 5.75 Å². The molecule has 1 atom stereocenters. The molecule has 1 saturated heterocycles. The number of carbonyl (C=O) groups excluding carboxylic acids is 1. The minimum absolute atomic E-state index is 0. The number of hydrogen-bond donors (Lipinski definition) is 2. The molecule has 27 heavy (non-hydrogen) atoms. The molecule has 0 saturated carbocycles. The second kappa shape index (κ2) is 11.6. The summed E-state index contributed by atoms with van der Waals surface area (Å²) in [6, 6.07) is 7.85. The molecule has 2 N–H and O–H groups in total. The molecule has 1 aromatic carbocycles. The van der Waals surface area contributed by atoms with Gasteiger partial charge in [-0.1, -0.05) is 12.1 Å². The standard InChI is InChI=1S/C19H30N4O2S.HI/c1-19(10-5-11-26-19)14-22-18(21-13-17(24)23(2)3)20-12-15-6-8-16(25-4)9-7-15;/h6-9H,5,10-14H2,1-4H3,(H2,20,21,22);1H. The quantitative estimate of drug-likeness (QED) is 0.338. The van der Waals surface area contributed by atoms with E-state index < -0.39 is 0 Å². The molecule has 0 bridgehead atoms. The van der Waals surface area contributed by atoms with Crippen molar-refractivity contribution in [1.82, 2.24) is 15.5 Å². The van der Waals surface area contributed by atoms with Crippen molar-refractivity contribution in [2.45, 2.75) is 31.1 Å². The molecule has 2 rings (SSSR count). The number of benzene rings is 1. The summed E-state index contributed by atoms with van der Waals surface area (Å²) < 4.78 is 5.41. The Kier molecular flexibility index (Phi) is 10.3. The van der Waals surface area contributed by atoms with Gasteiger partial charge in [-0.3, -0.25) is 4.79 Å². The molecule has 0 radical (unpaired) electrons. The average molecular weight is 506 g/mol. The van der Waals surface area contributed by atoms with Crippen molar-refractivity contribution in [2.75, 3.05) is 40.0 Å². The minimum Gasteiger partial charge on any atom is -0.497 e. The first-order chi connectivity index (χ1) is 12.4. The molecule has 0 aliphatic carbocycles. The fourth-order valence-corrected chi connectivity index (χ4v) is 3.88. The molecule has 6 nitrogen and oxygen atoms in total. The highest BCUT2D eigenvalue weighted by Gasteiger charge is 2.29. The Morgan fingerprint density at radius 3 is 2.56 bits per heavy atom. The first-order valence-corrected chi connectivity index (χ1v) is 9.90. The lowest BCUT2D eigenvalue weighted by Gasteiger charge is -2.24. The lowest BCUT2D eigenvalue weighted by atomic mass is 10.1. The van der Waals surface area contributed by atoms with Crippen molar-refractivity contribution in [1.29, 1.82) is 0 Å². The van der Waals surface area contributed by atoms with Gasteiger partial charge >= 0.3 is 0 Å². The maximum atomic E-state index is 11.9. The Hall–Kier alpha value is -1.16. The number of carbonyl (C=O) groups is 1. The number of guanidine groups is 1. The van der Waals surface area contributed by atoms with Crippen LogP contribution in [0, 0.1) is 0 Å². The van der Waals surface area contributed by atoms with E-state index in [2.05, 4.69) is 22.5 Å². The van der Waals surface area contributed by atoms with Gasteiger partial charge in [-0.15, -0.1) is 24.0 Å². The number of ether oxygens (including phenoxy) is 1. The van der Waals surface area contributed by atoms with Crippen molar-refractivity contribution in [3.63, 3.8) is 0 Å². The topological polar surface area (TPSA) is 66.0 Å². The van der Waals surface area contributed by atoms with Crippen LogP contribution in [-0.2, 0) is 11.3 Å². The van der Waals surface area contributed by atoms with Crippen LogP contribution < -0.4 is 15.4 Å². The molecule has 0 spiro atoms. The molecule has 1 fully saturated rings. The van der Waals surface area contributed by atoms with Crippen molar-refractivity contribution in [3.05, 3.63) is 29.8 Å². The fraction of sp³-hybridized carbons (Fsp3) is 0.579. The predicted octanol–water partition coefficient (Wildman–Crippen LogP) is 2.72. The van der Waals surface area contributed by atoms with Gasteiger partial charge in [0, 0.05) is 25.4 Å². The number of halogens is 1. The van der Waals surface area contributed by atoms with Gasteiger partial charge in [0.2, 0.25) is 5.91 Å². The fourth-order valence-electron chi connectivity index (χ4n) is 2.64. The van der Waals surface area contributed by atoms with Gasteiger partial charge in [-0.25, -0.2) is 4.99 Å². The highest BCUT2D eigenvalue weighted by Crippen LogP contribution is 2.36. The summed E-state index contributed by atoms with van der Waals surface area (Å²) in [7, 11) is 5.16. The molecule has 1 heterocycles. The Morgan fingerprint density at radius 2 is 2.00 bits per heavy atom. The van der Waals surface area contributed by atoms with E-state index in [1.54, 1.807) is 26.1 Å². The lowest BCUT2D eigenvalue weighted by molar-refractivity contribution is -0.127. The molecule has 1 aromatic rings. The summed E-state index contributed by atoms with van der Waals surface area (Å²) in [5, 5.41) is 6.56. The van der Waals surface area contributed by atoms with E-state index in [0.717, 1.165) is 17.9 Å². The Labute approximate surface area is 183 Å². The molecule has 1 aliphatic rings. The van der Waals surface area contributed by atoms with E-state index in [4.69, 9.17) is 4.74 Å². The highest BCUT2D eigenvalue weighted by atomic mass is 127. The number of aliphatic imine (C=N–C) groups is 1. The van der Waals surface area contributed by atoms with Crippen LogP contribution in [-0.4, -0.2) is 61.6 Å². The third-order valence-electron chi connectivity index (χ3n) is 4.41. The van der Waals surface area contributed by atoms with Crippen LogP contribution in [0.3, 0.4) is 0 Å². The van der Waals surface area contributed by atoms with Gasteiger partial charge in [-0.2, -0.15) is 11.8 Å². The third kappa shape index (κ3) is 8.16. The van der Waals surface area contributed by atoms with Crippen LogP contribution in [0.5, 0.6) is 5.75 Å². The summed E-state index contributed by atoms with van der Waals surface area (Å²) in [4.78, 5) is 18.1. The Morgan fingerprint density at radius 1 is 1.30 bits per heavy atom. The number of methoxy groups -OCH3 is 1. The molecular weight excluding hydrogens is 475 g/mol. The second-order valence-electron chi connectivity index (χ2n) is 6.91. The van der Waals surface area contributed by atoms with Gasteiger partial charge in [0.05, 0.1) is 20.2 Å². The van der Waals surface area contributed by atoms with Gasteiger partial charge in [0.25, 0.3) is 0 Å². The van der Waals surface area contributed by atoms with Gasteiger partial charge < -0.3 is 20.3 Å². The monoisotopic (exact) mass is 506 g/mol. The van der Waals surface area contributed by atoms with Crippen LogP contribution in [0.25, 0.3) is 0 Å². The Balaban J connectivity index is 0.00000364. The number of rotatable bonds is 7. The zero-order chi connectivity index (χ0) is 19.0. The maximum Gasteiger partial charge on any atom is 0.241 e. The number of nitrogens with zero attached hydrogens (tertiary/aromatic N) is 2. The van der Waals surface area contributed by atoms with Gasteiger partial charge in [0.15, 0.2) is 5.96 Å². The SMILES string of the molecule is COc1ccc(CN=C(NCC(=O)N(C)C)NCC2(C)CCCS2)cc1.I. The third-order valence-corrected chi connectivity index (χ3v) is 5.95. The van der Waals surface area contributed by atoms with Crippen LogP contribution >= 0.6 is 35.7 Å². The summed E-state index contributed by atoms with van der Waals surface area (Å²) in [5.41, 5.74) is 1.09. The first-order valence-electron chi connectivity index (χ1n) is 8.91. The summed E-state index contributed by atoms with van der Waals surface area (Å²) in [6.45, 7) is 3.89. The second-order valence-corrected chi connectivity index (χ2v) is 8.59. The van der Waals surface area contributed by atoms with E-state index in [9.17, 15) is 4.79 Å². The zero-order valence-corrected chi connectivity index (χ0v) is 19.7. The van der Waals surface area contributed by atoms with Crippen LogP contribution in [0.2, 0.25) is 0 Å². The predicted molar refractivity (Wildman–Crippen MR) is 124 cm³/mol. The van der Waals surface area contributed by atoms with Gasteiger partial charge in [0.1, 0.15) is 5.75 Å². The Bertz CT molecular complexity index is 617. The van der Waals surface area contributed by atoms with E-state index in [0.29, 0.717) is 12.5 Å². The van der Waals surface area contributed by atoms with Crippen molar-refractivity contribution >= 4 is 47.6 Å². The number of amides is 1. The van der Waals surface area contributed by atoms with Crippen molar-refractivity contribution < 1.29 is 9.53 Å². The summed E-state index contributed by atoms with van der Waals surface area (Å²) in [5.74, 6) is 2.73. The van der Waals surface area contributed by atoms with E-state index in [-0.39, 0.29) is 41.2 Å². The average Bonchev–Trinajstić information content (AvgIpc) is 3.08. The normalized spacial score (nSPS) is 19.2.